The van der Waals surface area contributed by atoms with Crippen LogP contribution in [0.3, 0.4) is 0 Å². The van der Waals surface area contributed by atoms with Crippen LogP contribution in [0.4, 0.5) is 0 Å². The molecule has 4 rings (SSSR count). The van der Waals surface area contributed by atoms with Gasteiger partial charge < -0.3 is 4.57 Å². The van der Waals surface area contributed by atoms with Crippen molar-refractivity contribution in [1.82, 2.24) is 19.5 Å². The van der Waals surface area contributed by atoms with Crippen molar-refractivity contribution < 1.29 is 0 Å². The number of aromatic nitrogens is 4. The first-order valence-corrected chi connectivity index (χ1v) is 10.7. The molecular formula is C24H25ClN4O2. The van der Waals surface area contributed by atoms with E-state index in [9.17, 15) is 9.59 Å². The number of hydrogen-bond donors (Lipinski definition) is 1. The van der Waals surface area contributed by atoms with Gasteiger partial charge in [0.2, 0.25) is 0 Å². The standard InChI is InChI=1S/C24H25ClN4O2/c1-14(2)16-7-10-19-18(11-16)26-20-21(27-23(31)28-22(20)30)29(19)13-24(3,4)12-15-5-8-17(25)9-6-15/h5-11,14H,12-13H2,1-4H3,(H,28,30,31). The Balaban J connectivity index is 1.88. The molecule has 7 heteroatoms. The fraction of sp³-hybridized carbons (Fsp3) is 0.333. The van der Waals surface area contributed by atoms with Gasteiger partial charge in [0.25, 0.3) is 5.56 Å². The molecule has 0 aliphatic carbocycles. The normalized spacial score (nSPS) is 12.2. The highest BCUT2D eigenvalue weighted by molar-refractivity contribution is 6.30. The Morgan fingerprint density at radius 3 is 2.45 bits per heavy atom. The second-order valence-electron chi connectivity index (χ2n) is 9.11. The van der Waals surface area contributed by atoms with Gasteiger partial charge >= 0.3 is 5.69 Å². The first-order chi connectivity index (χ1) is 14.6. The maximum absolute atomic E-state index is 12.5. The molecule has 0 radical (unpaired) electrons. The molecule has 1 N–H and O–H groups in total. The van der Waals surface area contributed by atoms with Gasteiger partial charge in [0.05, 0.1) is 11.0 Å². The maximum atomic E-state index is 12.5. The molecule has 2 heterocycles. The van der Waals surface area contributed by atoms with Gasteiger partial charge in [-0.1, -0.05) is 57.5 Å². The van der Waals surface area contributed by atoms with Gasteiger partial charge in [-0.3, -0.25) is 9.78 Å². The van der Waals surface area contributed by atoms with E-state index in [1.807, 2.05) is 41.0 Å². The molecule has 0 bridgehead atoms. The monoisotopic (exact) mass is 436 g/mol. The Labute approximate surface area is 185 Å². The van der Waals surface area contributed by atoms with E-state index in [2.05, 4.69) is 48.7 Å². The third-order valence-corrected chi connectivity index (χ3v) is 5.73. The summed E-state index contributed by atoms with van der Waals surface area (Å²) in [6.07, 6.45) is 0.792. The number of nitrogens with zero attached hydrogens (tertiary/aromatic N) is 3. The largest absolute Gasteiger partial charge is 0.349 e. The van der Waals surface area contributed by atoms with E-state index in [1.54, 1.807) is 0 Å². The molecule has 31 heavy (non-hydrogen) atoms. The Bertz CT molecular complexity index is 1340. The van der Waals surface area contributed by atoms with Crippen molar-refractivity contribution in [3.05, 3.63) is 79.5 Å². The molecule has 0 fully saturated rings. The smallest absolute Gasteiger partial charge is 0.322 e. The van der Waals surface area contributed by atoms with Crippen LogP contribution < -0.4 is 11.2 Å². The molecule has 0 unspecified atom stereocenters. The highest BCUT2D eigenvalue weighted by Crippen LogP contribution is 2.30. The van der Waals surface area contributed by atoms with Gasteiger partial charge in [-0.25, -0.2) is 9.78 Å². The summed E-state index contributed by atoms with van der Waals surface area (Å²) in [5.74, 6) is 0.639. The molecule has 6 nitrogen and oxygen atoms in total. The molecule has 160 valence electrons. The second-order valence-corrected chi connectivity index (χ2v) is 9.55. The number of nitrogens with one attached hydrogen (secondary N) is 1. The lowest BCUT2D eigenvalue weighted by Gasteiger charge is -2.29. The first-order valence-electron chi connectivity index (χ1n) is 10.3. The molecule has 0 saturated heterocycles. The van der Waals surface area contributed by atoms with E-state index in [1.165, 1.54) is 0 Å². The third-order valence-electron chi connectivity index (χ3n) is 5.48. The zero-order valence-electron chi connectivity index (χ0n) is 18.1. The van der Waals surface area contributed by atoms with Crippen molar-refractivity contribution in [2.24, 2.45) is 5.41 Å². The summed E-state index contributed by atoms with van der Waals surface area (Å²) in [6, 6.07) is 13.9. The van der Waals surface area contributed by atoms with Crippen LogP contribution in [-0.2, 0) is 13.0 Å². The summed E-state index contributed by atoms with van der Waals surface area (Å²) < 4.78 is 1.95. The molecule has 0 aromatic heterocycles. The molecule has 0 amide bonds. The number of aromatic amines is 1. The number of H-pyrrole nitrogens is 1. The topological polar surface area (TPSA) is 80.6 Å². The summed E-state index contributed by atoms with van der Waals surface area (Å²) >= 11 is 6.03. The molecule has 2 aromatic rings. The Morgan fingerprint density at radius 2 is 1.77 bits per heavy atom. The first kappa shape index (κ1) is 21.2. The van der Waals surface area contributed by atoms with Crippen molar-refractivity contribution >= 4 is 22.6 Å². The van der Waals surface area contributed by atoms with Gasteiger partial charge in [-0.2, -0.15) is 4.98 Å². The summed E-state index contributed by atoms with van der Waals surface area (Å²) in [5, 5.41) is 0.703. The zero-order valence-corrected chi connectivity index (χ0v) is 18.8. The predicted octanol–water partition coefficient (Wildman–Crippen LogP) is 4.63. The number of hydrogen-bond acceptors (Lipinski definition) is 4. The molecule has 0 saturated carbocycles. The molecule has 2 aromatic carbocycles. The second kappa shape index (κ2) is 7.93. The van der Waals surface area contributed by atoms with Gasteiger partial charge in [-0.15, -0.1) is 0 Å². The van der Waals surface area contributed by atoms with Crippen LogP contribution in [0, 0.1) is 5.41 Å². The third kappa shape index (κ3) is 4.39. The average Bonchev–Trinajstić information content (AvgIpc) is 2.69. The lowest BCUT2D eigenvalue weighted by atomic mass is 9.85. The van der Waals surface area contributed by atoms with Crippen LogP contribution in [0.5, 0.6) is 0 Å². The van der Waals surface area contributed by atoms with Crippen LogP contribution in [0.25, 0.3) is 22.6 Å². The highest BCUT2D eigenvalue weighted by atomic mass is 35.5. The molecule has 0 spiro atoms. The summed E-state index contributed by atoms with van der Waals surface area (Å²) in [7, 11) is 0. The number of fused-ring (bicyclic) bond motifs is 2. The lowest BCUT2D eigenvalue weighted by Crippen LogP contribution is -2.31. The minimum absolute atomic E-state index is 0.176. The van der Waals surface area contributed by atoms with Crippen molar-refractivity contribution in [2.45, 2.75) is 46.6 Å². The van der Waals surface area contributed by atoms with Gasteiger partial charge in [0.15, 0.2) is 11.5 Å². The van der Waals surface area contributed by atoms with Crippen LogP contribution in [0.1, 0.15) is 44.7 Å². The number of rotatable bonds is 5. The van der Waals surface area contributed by atoms with E-state index < -0.39 is 11.2 Å². The Morgan fingerprint density at radius 1 is 1.06 bits per heavy atom. The van der Waals surface area contributed by atoms with Crippen molar-refractivity contribution in [2.75, 3.05) is 0 Å². The predicted molar refractivity (Wildman–Crippen MR) is 124 cm³/mol. The minimum Gasteiger partial charge on any atom is -0.322 e. The van der Waals surface area contributed by atoms with Gasteiger partial charge in [0.1, 0.15) is 0 Å². The zero-order chi connectivity index (χ0) is 22.3. The fourth-order valence-electron chi connectivity index (χ4n) is 3.97. The molecular weight excluding hydrogens is 412 g/mol. The van der Waals surface area contributed by atoms with E-state index in [0.29, 0.717) is 28.8 Å². The van der Waals surface area contributed by atoms with Crippen LogP contribution in [0.15, 0.2) is 52.1 Å². The van der Waals surface area contributed by atoms with Gasteiger partial charge in [0, 0.05) is 11.6 Å². The van der Waals surface area contributed by atoms with Crippen LogP contribution in [0.2, 0.25) is 5.02 Å². The van der Waals surface area contributed by atoms with E-state index in [0.717, 1.165) is 23.1 Å². The van der Waals surface area contributed by atoms with Crippen molar-refractivity contribution in [3.63, 3.8) is 0 Å². The van der Waals surface area contributed by atoms with E-state index in [4.69, 9.17) is 11.6 Å². The Hall–Kier alpha value is -2.99. The fourth-order valence-corrected chi connectivity index (χ4v) is 4.10. The highest BCUT2D eigenvalue weighted by Gasteiger charge is 2.25. The SMILES string of the molecule is CC(C)c1ccc2c(c1)nc1c(=O)[nH]c(=O)nc-1n2CC(C)(C)Cc1ccc(Cl)cc1. The molecule has 2 aliphatic heterocycles. The van der Waals surface area contributed by atoms with Crippen molar-refractivity contribution in [1.29, 1.82) is 0 Å². The average molecular weight is 437 g/mol. The molecule has 2 aliphatic rings. The Kier molecular flexibility index (Phi) is 5.43. The number of benzene rings is 2. The number of halogens is 1. The van der Waals surface area contributed by atoms with E-state index >= 15 is 0 Å². The van der Waals surface area contributed by atoms with Gasteiger partial charge in [-0.05, 0) is 53.1 Å². The summed E-state index contributed by atoms with van der Waals surface area (Å²) in [4.78, 5) is 35.4. The lowest BCUT2D eigenvalue weighted by molar-refractivity contribution is 0.307. The van der Waals surface area contributed by atoms with Crippen LogP contribution >= 0.6 is 11.6 Å². The maximum Gasteiger partial charge on any atom is 0.349 e. The molecule has 0 atom stereocenters. The van der Waals surface area contributed by atoms with E-state index in [-0.39, 0.29) is 11.1 Å². The van der Waals surface area contributed by atoms with Crippen LogP contribution in [-0.4, -0.2) is 19.5 Å². The quantitative estimate of drug-likeness (QED) is 0.462. The summed E-state index contributed by atoms with van der Waals surface area (Å²) in [6.45, 7) is 9.09. The van der Waals surface area contributed by atoms with Crippen molar-refractivity contribution in [3.8, 4) is 11.5 Å². The minimum atomic E-state index is -0.665. The summed E-state index contributed by atoms with van der Waals surface area (Å²) in [5.41, 5.74) is 2.66.